The van der Waals surface area contributed by atoms with E-state index in [0.717, 1.165) is 18.2 Å². The third-order valence-electron chi connectivity index (χ3n) is 2.42. The van der Waals surface area contributed by atoms with Gasteiger partial charge < -0.3 is 10.5 Å². The first-order chi connectivity index (χ1) is 7.30. The smallest absolute Gasteiger partial charge is 0.165 e. The SMILES string of the molecule is CC(C)(C)C(N)COc1cc(F)ccc1F. The molecule has 0 aliphatic heterocycles. The molecular weight excluding hydrogens is 212 g/mol. The van der Waals surface area contributed by atoms with Crippen LogP contribution in [0.25, 0.3) is 0 Å². The summed E-state index contributed by atoms with van der Waals surface area (Å²) in [7, 11) is 0. The van der Waals surface area contributed by atoms with Gasteiger partial charge in [0.25, 0.3) is 0 Å². The van der Waals surface area contributed by atoms with Gasteiger partial charge in [-0.3, -0.25) is 0 Å². The van der Waals surface area contributed by atoms with Crippen molar-refractivity contribution in [2.45, 2.75) is 26.8 Å². The van der Waals surface area contributed by atoms with Crippen LogP contribution in [0.4, 0.5) is 8.78 Å². The highest BCUT2D eigenvalue weighted by atomic mass is 19.1. The van der Waals surface area contributed by atoms with Gasteiger partial charge in [0.2, 0.25) is 0 Å². The molecule has 2 nitrogen and oxygen atoms in total. The van der Waals surface area contributed by atoms with E-state index in [-0.39, 0.29) is 23.8 Å². The molecular formula is C12H17F2NO. The Hall–Kier alpha value is -1.16. The van der Waals surface area contributed by atoms with Crippen LogP contribution in [0.3, 0.4) is 0 Å². The monoisotopic (exact) mass is 229 g/mol. The Kier molecular flexibility index (Phi) is 3.86. The summed E-state index contributed by atoms with van der Waals surface area (Å²) in [5.41, 5.74) is 5.71. The average molecular weight is 229 g/mol. The van der Waals surface area contributed by atoms with Crippen molar-refractivity contribution in [3.8, 4) is 5.75 Å². The summed E-state index contributed by atoms with van der Waals surface area (Å²) in [6.45, 7) is 6.04. The normalized spacial score (nSPS) is 13.6. The second-order valence-corrected chi connectivity index (χ2v) is 4.86. The van der Waals surface area contributed by atoms with Crippen LogP contribution in [0.5, 0.6) is 5.75 Å². The molecule has 0 amide bonds. The van der Waals surface area contributed by atoms with Crippen molar-refractivity contribution in [2.24, 2.45) is 11.1 Å². The van der Waals surface area contributed by atoms with Crippen molar-refractivity contribution in [2.75, 3.05) is 6.61 Å². The molecule has 2 N–H and O–H groups in total. The number of ether oxygens (including phenoxy) is 1. The molecule has 0 spiro atoms. The van der Waals surface area contributed by atoms with Crippen molar-refractivity contribution >= 4 is 0 Å². The quantitative estimate of drug-likeness (QED) is 0.864. The summed E-state index contributed by atoms with van der Waals surface area (Å²) in [5, 5.41) is 0. The van der Waals surface area contributed by atoms with Gasteiger partial charge in [-0.1, -0.05) is 20.8 Å². The Bertz CT molecular complexity index is 361. The molecule has 0 saturated heterocycles. The Morgan fingerprint density at radius 1 is 1.31 bits per heavy atom. The highest BCUT2D eigenvalue weighted by Gasteiger charge is 2.21. The molecule has 0 aliphatic rings. The molecule has 0 saturated carbocycles. The maximum atomic E-state index is 13.2. The summed E-state index contributed by atoms with van der Waals surface area (Å²) in [6, 6.07) is 2.86. The average Bonchev–Trinajstić information content (AvgIpc) is 2.17. The Labute approximate surface area is 94.4 Å². The minimum Gasteiger partial charge on any atom is -0.489 e. The highest BCUT2D eigenvalue weighted by molar-refractivity contribution is 5.24. The van der Waals surface area contributed by atoms with E-state index in [1.165, 1.54) is 0 Å². The van der Waals surface area contributed by atoms with Crippen molar-refractivity contribution < 1.29 is 13.5 Å². The van der Waals surface area contributed by atoms with E-state index >= 15 is 0 Å². The molecule has 0 bridgehead atoms. The van der Waals surface area contributed by atoms with E-state index in [1.54, 1.807) is 0 Å². The van der Waals surface area contributed by atoms with Gasteiger partial charge in [0, 0.05) is 12.1 Å². The summed E-state index contributed by atoms with van der Waals surface area (Å²) in [4.78, 5) is 0. The van der Waals surface area contributed by atoms with Gasteiger partial charge >= 0.3 is 0 Å². The molecule has 16 heavy (non-hydrogen) atoms. The second kappa shape index (κ2) is 4.78. The zero-order valence-electron chi connectivity index (χ0n) is 9.76. The minimum absolute atomic E-state index is 0.0975. The van der Waals surface area contributed by atoms with Crippen LogP contribution in [0.2, 0.25) is 0 Å². The predicted molar refractivity (Wildman–Crippen MR) is 59.3 cm³/mol. The van der Waals surface area contributed by atoms with E-state index in [2.05, 4.69) is 0 Å². The van der Waals surface area contributed by atoms with Gasteiger partial charge in [-0.25, -0.2) is 8.78 Å². The van der Waals surface area contributed by atoms with Crippen molar-refractivity contribution in [3.05, 3.63) is 29.8 Å². The summed E-state index contributed by atoms with van der Waals surface area (Å²) in [6.07, 6.45) is 0. The van der Waals surface area contributed by atoms with Crippen LogP contribution >= 0.6 is 0 Å². The van der Waals surface area contributed by atoms with E-state index in [9.17, 15) is 8.78 Å². The van der Waals surface area contributed by atoms with Gasteiger partial charge in [-0.05, 0) is 17.5 Å². The Morgan fingerprint density at radius 2 is 1.94 bits per heavy atom. The number of halogens is 2. The summed E-state index contributed by atoms with van der Waals surface area (Å²) < 4.78 is 31.2. The van der Waals surface area contributed by atoms with E-state index in [1.807, 2.05) is 20.8 Å². The largest absolute Gasteiger partial charge is 0.489 e. The molecule has 1 aromatic carbocycles. The van der Waals surface area contributed by atoms with Gasteiger partial charge in [0.1, 0.15) is 12.4 Å². The number of nitrogens with two attached hydrogens (primary N) is 1. The maximum Gasteiger partial charge on any atom is 0.165 e. The lowest BCUT2D eigenvalue weighted by atomic mass is 9.88. The van der Waals surface area contributed by atoms with Crippen LogP contribution in [0.15, 0.2) is 18.2 Å². The molecule has 1 rings (SSSR count). The number of rotatable bonds is 3. The fourth-order valence-electron chi connectivity index (χ4n) is 1.02. The highest BCUT2D eigenvalue weighted by Crippen LogP contribution is 2.21. The summed E-state index contributed by atoms with van der Waals surface area (Å²) in [5.74, 6) is -1.21. The molecule has 0 aromatic heterocycles. The summed E-state index contributed by atoms with van der Waals surface area (Å²) >= 11 is 0. The standard InChI is InChI=1S/C12H17F2NO/c1-12(2,3)11(15)7-16-10-6-8(13)4-5-9(10)14/h4-6,11H,7,15H2,1-3H3. The third kappa shape index (κ3) is 3.45. The molecule has 4 heteroatoms. The first-order valence-electron chi connectivity index (χ1n) is 5.14. The van der Waals surface area contributed by atoms with Crippen LogP contribution in [0.1, 0.15) is 20.8 Å². The minimum atomic E-state index is -0.581. The first kappa shape index (κ1) is 12.9. The topological polar surface area (TPSA) is 35.2 Å². The van der Waals surface area contributed by atoms with Crippen molar-refractivity contribution in [1.29, 1.82) is 0 Å². The number of hydrogen-bond acceptors (Lipinski definition) is 2. The Morgan fingerprint density at radius 3 is 2.50 bits per heavy atom. The molecule has 1 atom stereocenters. The molecule has 90 valence electrons. The van der Waals surface area contributed by atoms with E-state index in [0.29, 0.717) is 0 Å². The number of hydrogen-bond donors (Lipinski definition) is 1. The fourth-order valence-corrected chi connectivity index (χ4v) is 1.02. The van der Waals surface area contributed by atoms with E-state index < -0.39 is 11.6 Å². The Balaban J connectivity index is 2.64. The zero-order valence-corrected chi connectivity index (χ0v) is 9.76. The fraction of sp³-hybridized carbons (Fsp3) is 0.500. The lowest BCUT2D eigenvalue weighted by Gasteiger charge is -2.26. The lowest BCUT2D eigenvalue weighted by Crippen LogP contribution is -2.40. The molecule has 0 radical (unpaired) electrons. The van der Waals surface area contributed by atoms with Gasteiger partial charge in [-0.15, -0.1) is 0 Å². The van der Waals surface area contributed by atoms with Crippen molar-refractivity contribution in [3.63, 3.8) is 0 Å². The van der Waals surface area contributed by atoms with Crippen LogP contribution in [-0.2, 0) is 0 Å². The van der Waals surface area contributed by atoms with Crippen LogP contribution < -0.4 is 10.5 Å². The molecule has 0 fully saturated rings. The molecule has 1 aromatic rings. The van der Waals surface area contributed by atoms with E-state index in [4.69, 9.17) is 10.5 Å². The van der Waals surface area contributed by atoms with Crippen LogP contribution in [-0.4, -0.2) is 12.6 Å². The van der Waals surface area contributed by atoms with Gasteiger partial charge in [0.05, 0.1) is 0 Å². The molecule has 0 aliphatic carbocycles. The third-order valence-corrected chi connectivity index (χ3v) is 2.42. The lowest BCUT2D eigenvalue weighted by molar-refractivity contribution is 0.199. The van der Waals surface area contributed by atoms with Gasteiger partial charge in [0.15, 0.2) is 11.6 Å². The predicted octanol–water partition coefficient (Wildman–Crippen LogP) is 2.72. The second-order valence-electron chi connectivity index (χ2n) is 4.86. The van der Waals surface area contributed by atoms with Crippen LogP contribution in [0, 0.1) is 17.0 Å². The van der Waals surface area contributed by atoms with Crippen molar-refractivity contribution in [1.82, 2.24) is 0 Å². The first-order valence-corrected chi connectivity index (χ1v) is 5.14. The zero-order chi connectivity index (χ0) is 12.3. The molecule has 1 unspecified atom stereocenters. The number of benzene rings is 1. The van der Waals surface area contributed by atoms with Gasteiger partial charge in [-0.2, -0.15) is 0 Å². The molecule has 0 heterocycles. The maximum absolute atomic E-state index is 13.2.